The molecule has 210 valence electrons. The van der Waals surface area contributed by atoms with E-state index < -0.39 is 47.2 Å². The van der Waals surface area contributed by atoms with Crippen molar-refractivity contribution in [2.75, 3.05) is 13.6 Å². The zero-order valence-corrected chi connectivity index (χ0v) is 22.5. The van der Waals surface area contributed by atoms with Gasteiger partial charge in [0.25, 0.3) is 0 Å². The van der Waals surface area contributed by atoms with Crippen LogP contribution in [0.3, 0.4) is 0 Å². The SMILES string of the molecule is CC(=O)O[C@H](C(=O)O[C@@H](C)C(=O)OC1=CC[C@]2(O)C3Cc4ccc(O)c5c4[C@@]2(CCN3C)[C@H]1O5)c1ccccc1. The topological polar surface area (TPSA) is 132 Å². The number of phenolic OH excluding ortho intramolecular Hbond substituents is 1. The second kappa shape index (κ2) is 9.35. The lowest BCUT2D eigenvalue weighted by atomic mass is 9.50. The molecular formula is C30H31NO9. The first-order chi connectivity index (χ1) is 19.1. The Labute approximate surface area is 231 Å². The third-order valence-corrected chi connectivity index (χ3v) is 8.80. The van der Waals surface area contributed by atoms with Gasteiger partial charge in [-0.2, -0.15) is 0 Å². The molecule has 1 spiro atoms. The summed E-state index contributed by atoms with van der Waals surface area (Å²) in [6.07, 6.45) is -0.521. The Balaban J connectivity index is 1.26. The molecule has 6 atom stereocenters. The van der Waals surface area contributed by atoms with Gasteiger partial charge in [-0.05, 0) is 51.1 Å². The quantitative estimate of drug-likeness (QED) is 0.409. The minimum atomic E-state index is -1.34. The Morgan fingerprint density at radius 2 is 1.85 bits per heavy atom. The molecule has 40 heavy (non-hydrogen) atoms. The molecule has 10 nitrogen and oxygen atoms in total. The standard InChI is InChI=1S/C30H31NO9/c1-16(37-28(35)24(38-17(2)32)18-7-5-4-6-8-18)27(34)39-21-11-12-30(36)22-15-19-9-10-20(33)25-23(19)29(30,26(21)40-25)13-14-31(22)3/h4-11,16,22,24,26,33,36H,12-15H2,1-3H3/t16-,22?,24-,26-,29-,30-/m0/s1. The second-order valence-corrected chi connectivity index (χ2v) is 11.0. The van der Waals surface area contributed by atoms with Crippen molar-refractivity contribution in [2.45, 2.75) is 68.5 Å². The number of likely N-dealkylation sites (N-methyl/N-ethyl adjacent to an activating group) is 1. The van der Waals surface area contributed by atoms with Crippen LogP contribution in [0.1, 0.15) is 49.5 Å². The van der Waals surface area contributed by atoms with Gasteiger partial charge in [0.1, 0.15) is 5.76 Å². The van der Waals surface area contributed by atoms with Gasteiger partial charge in [-0.15, -0.1) is 0 Å². The number of aromatic hydroxyl groups is 1. The molecule has 2 aliphatic heterocycles. The number of hydrogen-bond acceptors (Lipinski definition) is 10. The molecular weight excluding hydrogens is 518 g/mol. The largest absolute Gasteiger partial charge is 0.504 e. The number of carbonyl (C=O) groups excluding carboxylic acids is 3. The number of carbonyl (C=O) groups is 3. The van der Waals surface area contributed by atoms with Crippen molar-refractivity contribution in [3.05, 3.63) is 71.0 Å². The number of piperidine rings is 1. The first-order valence-corrected chi connectivity index (χ1v) is 13.4. The Morgan fingerprint density at radius 1 is 1.10 bits per heavy atom. The van der Waals surface area contributed by atoms with Crippen LogP contribution in [0.2, 0.25) is 0 Å². The molecule has 2 heterocycles. The highest BCUT2D eigenvalue weighted by Gasteiger charge is 2.72. The number of hydrogen-bond donors (Lipinski definition) is 2. The molecule has 0 saturated carbocycles. The molecule has 0 aromatic heterocycles. The minimum absolute atomic E-state index is 0.0346. The Morgan fingerprint density at radius 3 is 2.58 bits per heavy atom. The molecule has 2 aliphatic carbocycles. The van der Waals surface area contributed by atoms with Crippen molar-refractivity contribution in [1.29, 1.82) is 0 Å². The number of likely N-dealkylation sites (tertiary alicyclic amines) is 1. The maximum atomic E-state index is 13.2. The predicted octanol–water partition coefficient (Wildman–Crippen LogP) is 2.45. The van der Waals surface area contributed by atoms with E-state index in [-0.39, 0.29) is 24.0 Å². The van der Waals surface area contributed by atoms with Crippen molar-refractivity contribution < 1.29 is 43.5 Å². The average molecular weight is 550 g/mol. The molecule has 1 fully saturated rings. The Bertz CT molecular complexity index is 1420. The molecule has 1 saturated heterocycles. The van der Waals surface area contributed by atoms with Crippen molar-refractivity contribution >= 4 is 17.9 Å². The third kappa shape index (κ3) is 3.73. The number of ether oxygens (including phenoxy) is 4. The highest BCUT2D eigenvalue weighted by atomic mass is 16.6. The first kappa shape index (κ1) is 26.3. The second-order valence-electron chi connectivity index (χ2n) is 11.0. The molecule has 10 heteroatoms. The maximum Gasteiger partial charge on any atom is 0.353 e. The van der Waals surface area contributed by atoms with Gasteiger partial charge in [-0.25, -0.2) is 9.59 Å². The number of esters is 3. The number of nitrogens with zero attached hydrogens (tertiary/aromatic N) is 1. The summed E-state index contributed by atoms with van der Waals surface area (Å²) in [5.74, 6) is -1.97. The number of phenols is 1. The molecule has 0 radical (unpaired) electrons. The Kier molecular flexibility index (Phi) is 6.15. The van der Waals surface area contributed by atoms with E-state index in [1.807, 2.05) is 13.1 Å². The van der Waals surface area contributed by atoms with E-state index in [0.717, 1.165) is 11.1 Å². The van der Waals surface area contributed by atoms with Crippen LogP contribution in [-0.4, -0.2) is 70.5 Å². The van der Waals surface area contributed by atoms with Gasteiger partial charge in [0, 0.05) is 30.5 Å². The van der Waals surface area contributed by atoms with Crippen molar-refractivity contribution in [1.82, 2.24) is 4.90 Å². The summed E-state index contributed by atoms with van der Waals surface area (Å²) >= 11 is 0. The van der Waals surface area contributed by atoms with E-state index >= 15 is 0 Å². The highest BCUT2D eigenvalue weighted by Crippen LogP contribution is 2.65. The fourth-order valence-electron chi connectivity index (χ4n) is 6.97. The van der Waals surface area contributed by atoms with Crippen molar-refractivity contribution in [3.63, 3.8) is 0 Å². The van der Waals surface area contributed by atoms with Crippen LogP contribution in [0.5, 0.6) is 11.5 Å². The molecule has 2 aromatic rings. The van der Waals surface area contributed by atoms with E-state index in [2.05, 4.69) is 4.90 Å². The lowest BCUT2D eigenvalue weighted by molar-refractivity contribution is -0.180. The third-order valence-electron chi connectivity index (χ3n) is 8.80. The molecule has 0 amide bonds. The summed E-state index contributed by atoms with van der Waals surface area (Å²) in [7, 11) is 1.99. The summed E-state index contributed by atoms with van der Waals surface area (Å²) < 4.78 is 22.6. The molecule has 2 aromatic carbocycles. The number of rotatable bonds is 6. The number of benzene rings is 2. The highest BCUT2D eigenvalue weighted by molar-refractivity contribution is 5.84. The van der Waals surface area contributed by atoms with Crippen LogP contribution in [0.4, 0.5) is 0 Å². The van der Waals surface area contributed by atoms with Gasteiger partial charge >= 0.3 is 17.9 Å². The summed E-state index contributed by atoms with van der Waals surface area (Å²) in [5, 5.41) is 22.9. The lowest BCUT2D eigenvalue weighted by Gasteiger charge is -2.61. The smallest absolute Gasteiger partial charge is 0.353 e. The van der Waals surface area contributed by atoms with Crippen molar-refractivity contribution in [3.8, 4) is 11.5 Å². The van der Waals surface area contributed by atoms with Gasteiger partial charge in [0.2, 0.25) is 6.10 Å². The average Bonchev–Trinajstić information content (AvgIpc) is 3.29. The fraction of sp³-hybridized carbons (Fsp3) is 0.433. The predicted molar refractivity (Wildman–Crippen MR) is 139 cm³/mol. The van der Waals surface area contributed by atoms with Crippen LogP contribution < -0.4 is 4.74 Å². The summed E-state index contributed by atoms with van der Waals surface area (Å²) in [6.45, 7) is 3.24. The molecule has 2 N–H and O–H groups in total. The zero-order valence-electron chi connectivity index (χ0n) is 22.5. The van der Waals surface area contributed by atoms with Crippen LogP contribution in [-0.2, 0) is 40.4 Å². The maximum absolute atomic E-state index is 13.2. The monoisotopic (exact) mass is 549 g/mol. The van der Waals surface area contributed by atoms with E-state index in [1.165, 1.54) is 13.8 Å². The number of aliphatic hydroxyl groups is 1. The molecule has 2 bridgehead atoms. The van der Waals surface area contributed by atoms with E-state index in [1.54, 1.807) is 42.5 Å². The molecule has 6 rings (SSSR count). The van der Waals surface area contributed by atoms with E-state index in [9.17, 15) is 24.6 Å². The van der Waals surface area contributed by atoms with Gasteiger partial charge in [-0.1, -0.05) is 36.4 Å². The van der Waals surface area contributed by atoms with E-state index in [0.29, 0.717) is 30.7 Å². The van der Waals surface area contributed by atoms with Gasteiger partial charge in [0.05, 0.1) is 11.0 Å². The van der Waals surface area contributed by atoms with Gasteiger partial charge < -0.3 is 34.1 Å². The lowest BCUT2D eigenvalue weighted by Crippen LogP contribution is -2.74. The van der Waals surface area contributed by atoms with Crippen LogP contribution in [0.15, 0.2) is 54.3 Å². The summed E-state index contributed by atoms with van der Waals surface area (Å²) in [5.41, 5.74) is 0.0569. The van der Waals surface area contributed by atoms with Crippen LogP contribution in [0.25, 0.3) is 0 Å². The van der Waals surface area contributed by atoms with Crippen molar-refractivity contribution in [2.24, 2.45) is 0 Å². The minimum Gasteiger partial charge on any atom is -0.504 e. The normalized spacial score (nSPS) is 29.2. The summed E-state index contributed by atoms with van der Waals surface area (Å²) in [6, 6.07) is 11.6. The Hall–Kier alpha value is -3.89. The first-order valence-electron chi connectivity index (χ1n) is 13.4. The van der Waals surface area contributed by atoms with Gasteiger partial charge in [-0.3, -0.25) is 4.79 Å². The van der Waals surface area contributed by atoms with Crippen LogP contribution in [0, 0.1) is 0 Å². The fourth-order valence-corrected chi connectivity index (χ4v) is 6.97. The molecule has 1 unspecified atom stereocenters. The van der Waals surface area contributed by atoms with Gasteiger partial charge in [0.15, 0.2) is 23.7 Å². The zero-order chi connectivity index (χ0) is 28.4. The summed E-state index contributed by atoms with van der Waals surface area (Å²) in [4.78, 5) is 39.9. The molecule has 4 aliphatic rings. The van der Waals surface area contributed by atoms with Crippen LogP contribution >= 0.6 is 0 Å². The van der Waals surface area contributed by atoms with E-state index in [4.69, 9.17) is 18.9 Å².